The van der Waals surface area contributed by atoms with Gasteiger partial charge in [0.25, 0.3) is 0 Å². The lowest BCUT2D eigenvalue weighted by molar-refractivity contribution is -0.131. The van der Waals surface area contributed by atoms with E-state index in [0.717, 1.165) is 0 Å². The molecular formula is C13H15NO3. The number of nitrogens with one attached hydrogen (secondary N) is 1. The van der Waals surface area contributed by atoms with E-state index in [1.165, 1.54) is 6.92 Å². The molecule has 0 aromatic heterocycles. The zero-order chi connectivity index (χ0) is 12.7. The summed E-state index contributed by atoms with van der Waals surface area (Å²) in [6, 6.07) is 6.63. The zero-order valence-corrected chi connectivity index (χ0v) is 9.73. The molecule has 0 atom stereocenters. The van der Waals surface area contributed by atoms with Gasteiger partial charge in [0.15, 0.2) is 0 Å². The molecule has 17 heavy (non-hydrogen) atoms. The number of carbonyl (C=O) groups is 2. The molecule has 0 aliphatic rings. The second kappa shape index (κ2) is 6.48. The third kappa shape index (κ3) is 4.97. The van der Waals surface area contributed by atoms with Crippen LogP contribution in [0.15, 0.2) is 36.9 Å². The molecule has 1 rings (SSSR count). The number of anilines is 1. The molecule has 0 unspecified atom stereocenters. The quantitative estimate of drug-likeness (QED) is 0.483. The smallest absolute Gasteiger partial charge is 0.308 e. The molecule has 4 heteroatoms. The molecule has 4 nitrogen and oxygen atoms in total. The fraction of sp³-hybridized carbons (Fsp3) is 0.231. The van der Waals surface area contributed by atoms with Gasteiger partial charge in [0.1, 0.15) is 5.75 Å². The van der Waals surface area contributed by atoms with Gasteiger partial charge in [-0.1, -0.05) is 6.08 Å². The molecule has 0 fully saturated rings. The van der Waals surface area contributed by atoms with Gasteiger partial charge < -0.3 is 10.1 Å². The van der Waals surface area contributed by atoms with E-state index >= 15 is 0 Å². The summed E-state index contributed by atoms with van der Waals surface area (Å²) in [5.41, 5.74) is 0.676. The number of rotatable bonds is 5. The molecular weight excluding hydrogens is 218 g/mol. The Hall–Kier alpha value is -2.10. The average molecular weight is 233 g/mol. The van der Waals surface area contributed by atoms with Crippen molar-refractivity contribution in [3.05, 3.63) is 36.9 Å². The largest absolute Gasteiger partial charge is 0.427 e. The summed E-state index contributed by atoms with van der Waals surface area (Å²) in [5.74, 6) is 0.0273. The number of esters is 1. The first-order chi connectivity index (χ1) is 8.11. The molecule has 0 bridgehead atoms. The summed E-state index contributed by atoms with van der Waals surface area (Å²) in [6.45, 7) is 4.89. The molecule has 0 aliphatic carbocycles. The van der Waals surface area contributed by atoms with E-state index in [4.69, 9.17) is 4.74 Å². The third-order valence-corrected chi connectivity index (χ3v) is 1.98. The molecule has 0 radical (unpaired) electrons. The molecule has 0 saturated heterocycles. The summed E-state index contributed by atoms with van der Waals surface area (Å²) in [6.07, 6.45) is 2.76. The summed E-state index contributed by atoms with van der Waals surface area (Å²) >= 11 is 0. The second-order valence-electron chi connectivity index (χ2n) is 3.49. The Kier molecular flexibility index (Phi) is 4.94. The summed E-state index contributed by atoms with van der Waals surface area (Å²) in [4.78, 5) is 22.1. The van der Waals surface area contributed by atoms with E-state index in [-0.39, 0.29) is 11.9 Å². The van der Waals surface area contributed by atoms with E-state index in [2.05, 4.69) is 11.9 Å². The lowest BCUT2D eigenvalue weighted by Gasteiger charge is -2.05. The molecule has 90 valence electrons. The predicted octanol–water partition coefficient (Wildman–Crippen LogP) is 2.52. The van der Waals surface area contributed by atoms with Gasteiger partial charge in [0.05, 0.1) is 0 Å². The van der Waals surface area contributed by atoms with Crippen molar-refractivity contribution in [1.82, 2.24) is 0 Å². The van der Waals surface area contributed by atoms with Crippen LogP contribution in [0.4, 0.5) is 5.69 Å². The van der Waals surface area contributed by atoms with Crippen LogP contribution in [0.3, 0.4) is 0 Å². The first kappa shape index (κ1) is 13.0. The van der Waals surface area contributed by atoms with Crippen LogP contribution >= 0.6 is 0 Å². The van der Waals surface area contributed by atoms with Crippen LogP contribution in [-0.4, -0.2) is 11.9 Å². The van der Waals surface area contributed by atoms with Crippen molar-refractivity contribution in [3.63, 3.8) is 0 Å². The molecule has 1 N–H and O–H groups in total. The average Bonchev–Trinajstić information content (AvgIpc) is 2.28. The molecule has 0 heterocycles. The van der Waals surface area contributed by atoms with Crippen LogP contribution < -0.4 is 10.1 Å². The number of benzene rings is 1. The van der Waals surface area contributed by atoms with Crippen molar-refractivity contribution in [2.24, 2.45) is 0 Å². The van der Waals surface area contributed by atoms with Gasteiger partial charge in [0.2, 0.25) is 5.91 Å². The Bertz CT molecular complexity index is 409. The van der Waals surface area contributed by atoms with Gasteiger partial charge in [-0.3, -0.25) is 9.59 Å². The second-order valence-corrected chi connectivity index (χ2v) is 3.49. The van der Waals surface area contributed by atoms with Crippen LogP contribution in [-0.2, 0) is 9.59 Å². The van der Waals surface area contributed by atoms with Crippen LogP contribution in [0.5, 0.6) is 5.75 Å². The number of hydrogen-bond acceptors (Lipinski definition) is 3. The minimum absolute atomic E-state index is 0.0647. The number of allylic oxidation sites excluding steroid dienone is 1. The van der Waals surface area contributed by atoms with Crippen LogP contribution in [0.25, 0.3) is 0 Å². The SMILES string of the molecule is C=CCCC(=O)Nc1ccc(OC(C)=O)cc1. The Morgan fingerprint density at radius 1 is 1.35 bits per heavy atom. The van der Waals surface area contributed by atoms with Gasteiger partial charge in [-0.2, -0.15) is 0 Å². The lowest BCUT2D eigenvalue weighted by atomic mass is 10.2. The minimum atomic E-state index is -0.368. The fourth-order valence-electron chi connectivity index (χ4n) is 1.23. The number of hydrogen-bond donors (Lipinski definition) is 1. The van der Waals surface area contributed by atoms with Crippen LogP contribution in [0.1, 0.15) is 19.8 Å². The number of carbonyl (C=O) groups excluding carboxylic acids is 2. The maximum absolute atomic E-state index is 11.4. The summed E-state index contributed by atoms with van der Waals surface area (Å²) in [7, 11) is 0. The van der Waals surface area contributed by atoms with E-state index in [0.29, 0.717) is 24.3 Å². The Morgan fingerprint density at radius 3 is 2.53 bits per heavy atom. The zero-order valence-electron chi connectivity index (χ0n) is 9.73. The summed E-state index contributed by atoms with van der Waals surface area (Å²) in [5, 5.41) is 2.73. The van der Waals surface area contributed by atoms with Crippen molar-refractivity contribution in [2.75, 3.05) is 5.32 Å². The first-order valence-electron chi connectivity index (χ1n) is 5.31. The van der Waals surface area contributed by atoms with Gasteiger partial charge in [-0.15, -0.1) is 6.58 Å². The number of ether oxygens (including phenoxy) is 1. The molecule has 1 amide bonds. The molecule has 1 aromatic rings. The van der Waals surface area contributed by atoms with E-state index in [9.17, 15) is 9.59 Å². The first-order valence-corrected chi connectivity index (χ1v) is 5.31. The molecule has 0 spiro atoms. The van der Waals surface area contributed by atoms with Crippen molar-refractivity contribution in [1.29, 1.82) is 0 Å². The fourth-order valence-corrected chi connectivity index (χ4v) is 1.23. The predicted molar refractivity (Wildman–Crippen MR) is 65.8 cm³/mol. The Balaban J connectivity index is 2.53. The topological polar surface area (TPSA) is 55.4 Å². The maximum atomic E-state index is 11.4. The molecule has 0 saturated carbocycles. The third-order valence-electron chi connectivity index (χ3n) is 1.98. The molecule has 0 aliphatic heterocycles. The minimum Gasteiger partial charge on any atom is -0.427 e. The van der Waals surface area contributed by atoms with Gasteiger partial charge >= 0.3 is 5.97 Å². The highest BCUT2D eigenvalue weighted by molar-refractivity contribution is 5.90. The van der Waals surface area contributed by atoms with Crippen molar-refractivity contribution < 1.29 is 14.3 Å². The highest BCUT2D eigenvalue weighted by Gasteiger charge is 2.02. The van der Waals surface area contributed by atoms with E-state index in [1.54, 1.807) is 30.3 Å². The molecule has 1 aromatic carbocycles. The van der Waals surface area contributed by atoms with Crippen molar-refractivity contribution >= 4 is 17.6 Å². The van der Waals surface area contributed by atoms with Crippen LogP contribution in [0.2, 0.25) is 0 Å². The van der Waals surface area contributed by atoms with Crippen molar-refractivity contribution in [3.8, 4) is 5.75 Å². The Labute approximate surface area is 100 Å². The van der Waals surface area contributed by atoms with Gasteiger partial charge in [0, 0.05) is 19.0 Å². The highest BCUT2D eigenvalue weighted by Crippen LogP contribution is 2.16. The summed E-state index contributed by atoms with van der Waals surface area (Å²) < 4.78 is 4.87. The Morgan fingerprint density at radius 2 is 2.00 bits per heavy atom. The van der Waals surface area contributed by atoms with E-state index in [1.807, 2.05) is 0 Å². The van der Waals surface area contributed by atoms with Gasteiger partial charge in [-0.05, 0) is 30.7 Å². The standard InChI is InChI=1S/C13H15NO3/c1-3-4-5-13(16)14-11-6-8-12(9-7-11)17-10(2)15/h3,6-9H,1,4-5H2,2H3,(H,14,16). The lowest BCUT2D eigenvalue weighted by Crippen LogP contribution is -2.10. The monoisotopic (exact) mass is 233 g/mol. The van der Waals surface area contributed by atoms with Crippen molar-refractivity contribution in [2.45, 2.75) is 19.8 Å². The highest BCUT2D eigenvalue weighted by atomic mass is 16.5. The number of amides is 1. The van der Waals surface area contributed by atoms with E-state index < -0.39 is 0 Å². The van der Waals surface area contributed by atoms with Crippen LogP contribution in [0, 0.1) is 0 Å². The van der Waals surface area contributed by atoms with Gasteiger partial charge in [-0.25, -0.2) is 0 Å². The normalized spacial score (nSPS) is 9.47. The maximum Gasteiger partial charge on any atom is 0.308 e.